The van der Waals surface area contributed by atoms with E-state index in [4.69, 9.17) is 32.7 Å². The predicted octanol–water partition coefficient (Wildman–Crippen LogP) is 9.45. The van der Waals surface area contributed by atoms with E-state index in [-0.39, 0.29) is 11.6 Å². The molecule has 0 aromatic heterocycles. The predicted molar refractivity (Wildman–Crippen MR) is 170 cm³/mol. The normalized spacial score (nSPS) is 11.0. The highest BCUT2D eigenvalue weighted by atomic mass is 35.5. The third-order valence-corrected chi connectivity index (χ3v) is 7.89. The van der Waals surface area contributed by atoms with E-state index < -0.39 is 0 Å². The smallest absolute Gasteiger partial charge is 0.193 e. The van der Waals surface area contributed by atoms with Crippen molar-refractivity contribution in [1.29, 1.82) is 0 Å². The summed E-state index contributed by atoms with van der Waals surface area (Å²) in [6, 6.07) is 32.7. The first kappa shape index (κ1) is 27.5. The third-order valence-electron chi connectivity index (χ3n) is 7.39. The Balaban J connectivity index is 1.51. The minimum atomic E-state index is -0.0911. The maximum atomic E-state index is 13.2. The Morgan fingerprint density at radius 3 is 1.19 bits per heavy atom. The summed E-state index contributed by atoms with van der Waals surface area (Å²) >= 11 is 12.0. The molecule has 0 unspecified atom stereocenters. The largest absolute Gasteiger partial charge is 0.496 e. The van der Waals surface area contributed by atoms with Gasteiger partial charge in [0.1, 0.15) is 11.5 Å². The molecule has 0 aliphatic carbocycles. The summed E-state index contributed by atoms with van der Waals surface area (Å²) in [6.07, 6.45) is 0. The van der Waals surface area contributed by atoms with Gasteiger partial charge in [0.15, 0.2) is 11.6 Å². The second-order valence-corrected chi connectivity index (χ2v) is 10.7. The van der Waals surface area contributed by atoms with Crippen molar-refractivity contribution in [2.75, 3.05) is 14.2 Å². The zero-order valence-corrected chi connectivity index (χ0v) is 24.3. The lowest BCUT2D eigenvalue weighted by molar-refractivity contribution is 0.103. The van der Waals surface area contributed by atoms with E-state index in [2.05, 4.69) is 0 Å². The van der Waals surface area contributed by atoms with E-state index in [0.29, 0.717) is 43.8 Å². The number of rotatable bonds is 7. The molecule has 6 aromatic carbocycles. The molecule has 206 valence electrons. The summed E-state index contributed by atoms with van der Waals surface area (Å²) in [7, 11) is 3.26. The van der Waals surface area contributed by atoms with Crippen molar-refractivity contribution in [1.82, 2.24) is 0 Å². The van der Waals surface area contributed by atoms with Crippen LogP contribution in [0.2, 0.25) is 10.0 Å². The highest BCUT2D eigenvalue weighted by Gasteiger charge is 2.20. The highest BCUT2D eigenvalue weighted by Crippen LogP contribution is 2.45. The van der Waals surface area contributed by atoms with Crippen LogP contribution >= 0.6 is 23.2 Å². The van der Waals surface area contributed by atoms with Gasteiger partial charge in [0.25, 0.3) is 0 Å². The van der Waals surface area contributed by atoms with Gasteiger partial charge in [-0.15, -0.1) is 0 Å². The highest BCUT2D eigenvalue weighted by molar-refractivity contribution is 6.31. The van der Waals surface area contributed by atoms with Crippen LogP contribution in [0.15, 0.2) is 109 Å². The van der Waals surface area contributed by atoms with Crippen molar-refractivity contribution in [2.24, 2.45) is 0 Å². The molecule has 42 heavy (non-hydrogen) atoms. The summed E-state index contributed by atoms with van der Waals surface area (Å²) in [4.78, 5) is 26.5. The van der Waals surface area contributed by atoms with Crippen molar-refractivity contribution in [2.45, 2.75) is 0 Å². The molecule has 0 spiro atoms. The lowest BCUT2D eigenvalue weighted by Crippen LogP contribution is -2.02. The van der Waals surface area contributed by atoms with Gasteiger partial charge in [0.05, 0.1) is 14.2 Å². The summed E-state index contributed by atoms with van der Waals surface area (Å²) < 4.78 is 11.7. The van der Waals surface area contributed by atoms with Crippen LogP contribution in [-0.2, 0) is 0 Å². The molecule has 0 aliphatic heterocycles. The standard InChI is InChI=1S/C36H24Cl2O4/c1-41-31-17-9-23-19-25(35(39)21-3-11-27(37)12-4-21)7-15-29(23)33(31)34-30-16-8-26(20-24(30)10-18-32(34)42-2)36(40)22-5-13-28(38)14-6-22/h3-20H,1-2H3. The molecule has 6 rings (SSSR count). The van der Waals surface area contributed by atoms with Gasteiger partial charge in [-0.2, -0.15) is 0 Å². The fraction of sp³-hybridized carbons (Fsp3) is 0.0556. The van der Waals surface area contributed by atoms with E-state index in [0.717, 1.165) is 32.7 Å². The van der Waals surface area contributed by atoms with Crippen molar-refractivity contribution in [3.8, 4) is 22.6 Å². The average Bonchev–Trinajstić information content (AvgIpc) is 3.03. The number of ketones is 2. The maximum Gasteiger partial charge on any atom is 0.193 e. The molecule has 0 atom stereocenters. The molecule has 0 radical (unpaired) electrons. The van der Waals surface area contributed by atoms with Crippen molar-refractivity contribution in [3.63, 3.8) is 0 Å². The molecule has 0 saturated heterocycles. The first-order valence-corrected chi connectivity index (χ1v) is 14.0. The van der Waals surface area contributed by atoms with Gasteiger partial charge in [-0.05, 0) is 94.3 Å². The minimum Gasteiger partial charge on any atom is -0.496 e. The SMILES string of the molecule is COc1ccc2cc(C(=O)c3ccc(Cl)cc3)ccc2c1-c1c(OC)ccc2cc(C(=O)c3ccc(Cl)cc3)ccc12. The lowest BCUT2D eigenvalue weighted by Gasteiger charge is -2.18. The number of fused-ring (bicyclic) bond motifs is 2. The van der Waals surface area contributed by atoms with Gasteiger partial charge >= 0.3 is 0 Å². The van der Waals surface area contributed by atoms with Crippen LogP contribution in [0.5, 0.6) is 11.5 Å². The second-order valence-electron chi connectivity index (χ2n) is 9.83. The van der Waals surface area contributed by atoms with Gasteiger partial charge in [0, 0.05) is 43.4 Å². The van der Waals surface area contributed by atoms with Crippen molar-refractivity contribution in [3.05, 3.63) is 141 Å². The molecule has 0 fully saturated rings. The molecule has 0 amide bonds. The van der Waals surface area contributed by atoms with Crippen LogP contribution in [0.25, 0.3) is 32.7 Å². The van der Waals surface area contributed by atoms with E-state index in [1.807, 2.05) is 60.7 Å². The first-order chi connectivity index (χ1) is 20.4. The summed E-state index contributed by atoms with van der Waals surface area (Å²) in [6.45, 7) is 0. The van der Waals surface area contributed by atoms with E-state index in [9.17, 15) is 9.59 Å². The fourth-order valence-corrected chi connectivity index (χ4v) is 5.55. The topological polar surface area (TPSA) is 52.6 Å². The van der Waals surface area contributed by atoms with E-state index in [1.54, 1.807) is 62.8 Å². The number of carbonyl (C=O) groups excluding carboxylic acids is 2. The van der Waals surface area contributed by atoms with Gasteiger partial charge in [-0.25, -0.2) is 0 Å². The Labute approximate surface area is 253 Å². The molecular formula is C36H24Cl2O4. The van der Waals surface area contributed by atoms with Crippen LogP contribution < -0.4 is 9.47 Å². The van der Waals surface area contributed by atoms with Crippen molar-refractivity contribution < 1.29 is 19.1 Å². The van der Waals surface area contributed by atoms with Gasteiger partial charge < -0.3 is 9.47 Å². The molecule has 0 N–H and O–H groups in total. The third kappa shape index (κ3) is 5.00. The average molecular weight is 591 g/mol. The fourth-order valence-electron chi connectivity index (χ4n) is 5.29. The van der Waals surface area contributed by atoms with E-state index >= 15 is 0 Å². The Hall–Kier alpha value is -4.64. The molecule has 0 saturated carbocycles. The van der Waals surface area contributed by atoms with Crippen LogP contribution in [-0.4, -0.2) is 25.8 Å². The maximum absolute atomic E-state index is 13.2. The number of methoxy groups -OCH3 is 2. The van der Waals surface area contributed by atoms with E-state index in [1.165, 1.54) is 0 Å². The number of benzene rings is 6. The summed E-state index contributed by atoms with van der Waals surface area (Å²) in [5.41, 5.74) is 3.92. The van der Waals surface area contributed by atoms with Crippen LogP contribution in [0.3, 0.4) is 0 Å². The molecule has 0 heterocycles. The molecule has 6 aromatic rings. The zero-order chi connectivity index (χ0) is 29.4. The molecular weight excluding hydrogens is 567 g/mol. The lowest BCUT2D eigenvalue weighted by atomic mass is 9.90. The zero-order valence-electron chi connectivity index (χ0n) is 22.8. The summed E-state index contributed by atoms with van der Waals surface area (Å²) in [5, 5.41) is 4.70. The quantitative estimate of drug-likeness (QED) is 0.174. The Morgan fingerprint density at radius 2 is 0.833 bits per heavy atom. The van der Waals surface area contributed by atoms with Gasteiger partial charge in [-0.3, -0.25) is 9.59 Å². The van der Waals surface area contributed by atoms with Gasteiger partial charge in [-0.1, -0.05) is 59.6 Å². The number of hydrogen-bond acceptors (Lipinski definition) is 4. The Bertz CT molecular complexity index is 1850. The van der Waals surface area contributed by atoms with Crippen molar-refractivity contribution >= 4 is 56.3 Å². The molecule has 6 heteroatoms. The molecule has 4 nitrogen and oxygen atoms in total. The number of hydrogen-bond donors (Lipinski definition) is 0. The minimum absolute atomic E-state index is 0.0911. The Kier molecular flexibility index (Phi) is 7.42. The van der Waals surface area contributed by atoms with Crippen LogP contribution in [0, 0.1) is 0 Å². The second kappa shape index (κ2) is 11.3. The number of ether oxygens (including phenoxy) is 2. The first-order valence-electron chi connectivity index (χ1n) is 13.2. The van der Waals surface area contributed by atoms with Crippen LogP contribution in [0.4, 0.5) is 0 Å². The Morgan fingerprint density at radius 1 is 0.476 bits per heavy atom. The number of halogens is 2. The summed E-state index contributed by atoms with van der Waals surface area (Å²) in [5.74, 6) is 1.14. The molecule has 0 aliphatic rings. The number of carbonyl (C=O) groups is 2. The monoisotopic (exact) mass is 590 g/mol. The molecule has 0 bridgehead atoms. The van der Waals surface area contributed by atoms with Gasteiger partial charge in [0.2, 0.25) is 0 Å². The van der Waals surface area contributed by atoms with Crippen LogP contribution in [0.1, 0.15) is 31.8 Å².